The molecule has 0 bridgehead atoms. The molecule has 1 atom stereocenters. The van der Waals surface area contributed by atoms with Crippen molar-refractivity contribution in [2.24, 2.45) is 0 Å². The largest absolute Gasteiger partial charge is 0.755 e. The molecule has 11 heavy (non-hydrogen) atoms. The molecule has 1 aromatic rings. The average molecular weight is 196 g/mol. The highest BCUT2D eigenvalue weighted by atomic mass is 35.5. The highest BCUT2D eigenvalue weighted by Crippen LogP contribution is 2.24. The molecule has 0 saturated heterocycles. The van der Waals surface area contributed by atoms with Gasteiger partial charge >= 0.3 is 0 Å². The maximum Gasteiger partial charge on any atom is 0.254 e. The zero-order valence-corrected chi connectivity index (χ0v) is 7.03. The first-order valence-electron chi connectivity index (χ1n) is 2.59. The smallest absolute Gasteiger partial charge is 0.254 e. The Kier molecular flexibility index (Phi) is 2.48. The minimum atomic E-state index is -2.43. The summed E-state index contributed by atoms with van der Waals surface area (Å²) in [6.45, 7) is 1.60. The minimum Gasteiger partial charge on any atom is -0.755 e. The first-order valence-corrected chi connectivity index (χ1v) is 4.04. The van der Waals surface area contributed by atoms with E-state index in [1.54, 1.807) is 6.92 Å². The Hall–Kier alpha value is -0.590. The van der Waals surface area contributed by atoms with E-state index in [4.69, 9.17) is 11.6 Å². The van der Waals surface area contributed by atoms with Crippen molar-refractivity contribution < 1.29 is 13.3 Å². The van der Waals surface area contributed by atoms with Crippen molar-refractivity contribution >= 4 is 28.8 Å². The second kappa shape index (κ2) is 3.21. The molecule has 0 amide bonds. The minimum absolute atomic E-state index is 0.0579. The molecule has 1 unspecified atom stereocenters. The molecule has 5 nitrogen and oxygen atoms in total. The molecule has 0 radical (unpaired) electrons. The third-order valence-corrected chi connectivity index (χ3v) is 1.76. The van der Waals surface area contributed by atoms with Gasteiger partial charge in [-0.05, 0) is 6.92 Å². The Labute approximate surface area is 70.1 Å². The number of halogens is 1. The summed E-state index contributed by atoms with van der Waals surface area (Å²) in [5.74, 6) is -0.0579. The van der Waals surface area contributed by atoms with Gasteiger partial charge in [0.15, 0.2) is 0 Å². The number of hydrogen-bond donors (Lipinski definition) is 1. The van der Waals surface area contributed by atoms with Crippen molar-refractivity contribution in [2.45, 2.75) is 6.92 Å². The molecular formula is C4H4ClN2O3S-. The summed E-state index contributed by atoms with van der Waals surface area (Å²) in [5.41, 5.74) is 0.444. The van der Waals surface area contributed by atoms with E-state index in [9.17, 15) is 8.76 Å². The van der Waals surface area contributed by atoms with E-state index in [0.29, 0.717) is 5.69 Å². The number of anilines is 1. The molecule has 0 aliphatic heterocycles. The van der Waals surface area contributed by atoms with Crippen molar-refractivity contribution in [1.29, 1.82) is 0 Å². The fourth-order valence-electron chi connectivity index (χ4n) is 0.498. The monoisotopic (exact) mass is 195 g/mol. The second-order valence-electron chi connectivity index (χ2n) is 1.75. The van der Waals surface area contributed by atoms with Crippen LogP contribution in [0.5, 0.6) is 0 Å². The molecule has 7 heteroatoms. The van der Waals surface area contributed by atoms with Crippen LogP contribution in [0.4, 0.5) is 5.88 Å². The lowest BCUT2D eigenvalue weighted by Crippen LogP contribution is -2.01. The summed E-state index contributed by atoms with van der Waals surface area (Å²) >= 11 is 3.13. The first kappa shape index (κ1) is 8.51. The summed E-state index contributed by atoms with van der Waals surface area (Å²) in [6.07, 6.45) is 0. The molecule has 0 saturated carbocycles. The van der Waals surface area contributed by atoms with Crippen LogP contribution < -0.4 is 4.72 Å². The van der Waals surface area contributed by atoms with Gasteiger partial charge < -0.3 is 9.08 Å². The number of aromatic nitrogens is 1. The maximum absolute atomic E-state index is 10.1. The molecule has 0 aliphatic rings. The SMILES string of the molecule is Cc1noc(NS(=O)[O-])c1Cl. The van der Waals surface area contributed by atoms with Gasteiger partial charge in [-0.2, -0.15) is 0 Å². The molecule has 0 fully saturated rings. The van der Waals surface area contributed by atoms with Crippen molar-refractivity contribution in [3.05, 3.63) is 10.7 Å². The summed E-state index contributed by atoms with van der Waals surface area (Å²) in [5, 5.41) is 3.60. The Bertz CT molecular complexity index is 287. The Morgan fingerprint density at radius 2 is 2.45 bits per heavy atom. The van der Waals surface area contributed by atoms with Gasteiger partial charge in [-0.15, -0.1) is 0 Å². The molecule has 1 rings (SSSR count). The van der Waals surface area contributed by atoms with E-state index in [1.807, 2.05) is 4.72 Å². The van der Waals surface area contributed by atoms with Crippen LogP contribution in [0.2, 0.25) is 5.02 Å². The molecule has 0 aromatic carbocycles. The maximum atomic E-state index is 10.1. The Morgan fingerprint density at radius 3 is 2.82 bits per heavy atom. The third kappa shape index (κ3) is 1.92. The number of nitrogens with one attached hydrogen (secondary N) is 1. The standard InChI is InChI=1S/C4H5ClN2O3S/c1-2-3(5)4(10-6-2)7-11(8)9/h7H,1H3,(H,8,9)/p-1. The second-order valence-corrected chi connectivity index (χ2v) is 2.80. The van der Waals surface area contributed by atoms with Crippen molar-refractivity contribution in [3.8, 4) is 0 Å². The van der Waals surface area contributed by atoms with Crippen molar-refractivity contribution in [3.63, 3.8) is 0 Å². The number of hydrogen-bond acceptors (Lipinski definition) is 4. The van der Waals surface area contributed by atoms with Crippen LogP contribution in [0.3, 0.4) is 0 Å². The zero-order valence-electron chi connectivity index (χ0n) is 5.46. The van der Waals surface area contributed by atoms with Crippen LogP contribution in [0, 0.1) is 6.92 Å². The third-order valence-electron chi connectivity index (χ3n) is 0.967. The van der Waals surface area contributed by atoms with Crippen molar-refractivity contribution in [1.82, 2.24) is 5.16 Å². The predicted octanol–water partition coefficient (Wildman–Crippen LogP) is 0.842. The van der Waals surface area contributed by atoms with Gasteiger partial charge in [-0.1, -0.05) is 16.8 Å². The molecule has 0 aliphatic carbocycles. The van der Waals surface area contributed by atoms with Crippen LogP contribution in [0.1, 0.15) is 5.69 Å². The molecule has 62 valence electrons. The topological polar surface area (TPSA) is 78.2 Å². The Morgan fingerprint density at radius 1 is 1.82 bits per heavy atom. The van der Waals surface area contributed by atoms with E-state index in [-0.39, 0.29) is 10.9 Å². The van der Waals surface area contributed by atoms with E-state index in [2.05, 4.69) is 9.68 Å². The van der Waals surface area contributed by atoms with E-state index in [0.717, 1.165) is 0 Å². The van der Waals surface area contributed by atoms with Gasteiger partial charge in [0.05, 0.1) is 0 Å². The van der Waals surface area contributed by atoms with Gasteiger partial charge in [0, 0.05) is 11.3 Å². The van der Waals surface area contributed by atoms with Crippen LogP contribution in [-0.4, -0.2) is 13.9 Å². The Balaban J connectivity index is 2.87. The highest BCUT2D eigenvalue weighted by Gasteiger charge is 2.08. The van der Waals surface area contributed by atoms with Crippen LogP contribution in [0.25, 0.3) is 0 Å². The molecule has 1 N–H and O–H groups in total. The molecular weight excluding hydrogens is 192 g/mol. The van der Waals surface area contributed by atoms with Gasteiger partial charge in [0.2, 0.25) is 0 Å². The van der Waals surface area contributed by atoms with E-state index >= 15 is 0 Å². The fraction of sp³-hybridized carbons (Fsp3) is 0.250. The van der Waals surface area contributed by atoms with E-state index < -0.39 is 11.3 Å². The molecule has 1 heterocycles. The highest BCUT2D eigenvalue weighted by molar-refractivity contribution is 7.80. The molecule has 0 spiro atoms. The average Bonchev–Trinajstić information content (AvgIpc) is 2.18. The number of aryl methyl sites for hydroxylation is 1. The quantitative estimate of drug-likeness (QED) is 0.710. The summed E-state index contributed by atoms with van der Waals surface area (Å²) in [6, 6.07) is 0. The first-order chi connectivity index (χ1) is 5.11. The lowest BCUT2D eigenvalue weighted by Gasteiger charge is -2.03. The van der Waals surface area contributed by atoms with Crippen LogP contribution in [0.15, 0.2) is 4.52 Å². The van der Waals surface area contributed by atoms with Gasteiger partial charge in [-0.3, -0.25) is 8.93 Å². The lowest BCUT2D eigenvalue weighted by atomic mass is 10.5. The summed E-state index contributed by atoms with van der Waals surface area (Å²) in [7, 11) is 0. The normalized spacial score (nSPS) is 13.0. The van der Waals surface area contributed by atoms with Crippen LogP contribution >= 0.6 is 11.6 Å². The summed E-state index contributed by atoms with van der Waals surface area (Å²) in [4.78, 5) is 0. The number of rotatable bonds is 2. The van der Waals surface area contributed by atoms with Crippen LogP contribution in [-0.2, 0) is 11.3 Å². The van der Waals surface area contributed by atoms with Gasteiger partial charge in [-0.25, -0.2) is 0 Å². The van der Waals surface area contributed by atoms with Gasteiger partial charge in [0.25, 0.3) is 5.88 Å². The molecule has 1 aromatic heterocycles. The van der Waals surface area contributed by atoms with Crippen molar-refractivity contribution in [2.75, 3.05) is 4.72 Å². The van der Waals surface area contributed by atoms with Gasteiger partial charge in [0.1, 0.15) is 10.7 Å². The lowest BCUT2D eigenvalue weighted by molar-refractivity contribution is 0.429. The zero-order chi connectivity index (χ0) is 8.43. The van der Waals surface area contributed by atoms with E-state index in [1.165, 1.54) is 0 Å². The summed E-state index contributed by atoms with van der Waals surface area (Å²) < 4.78 is 26.6. The number of nitrogens with zero attached hydrogens (tertiary/aromatic N) is 1. The fourth-order valence-corrected chi connectivity index (χ4v) is 0.961. The predicted molar refractivity (Wildman–Crippen MR) is 38.8 cm³/mol.